The Labute approximate surface area is 102 Å². The smallest absolute Gasteiger partial charge is 0.229 e. The summed E-state index contributed by atoms with van der Waals surface area (Å²) >= 11 is 0. The normalized spacial score (nSPS) is 9.62. The Bertz CT molecular complexity index is 503. The first-order chi connectivity index (χ1) is 7.01. The van der Waals surface area contributed by atoms with Gasteiger partial charge in [-0.15, -0.1) is 12.4 Å². The molecule has 0 heterocycles. The van der Waals surface area contributed by atoms with E-state index in [1.165, 1.54) is 0 Å². The van der Waals surface area contributed by atoms with Crippen molar-refractivity contribution in [2.45, 2.75) is 0 Å². The van der Waals surface area contributed by atoms with Crippen LogP contribution in [0.1, 0.15) is 5.56 Å². The Balaban J connectivity index is 0.00000225. The fourth-order valence-corrected chi connectivity index (χ4v) is 1.58. The van der Waals surface area contributed by atoms with E-state index in [0.717, 1.165) is 11.8 Å². The Morgan fingerprint density at radius 3 is 2.69 bits per heavy atom. The van der Waals surface area contributed by atoms with E-state index in [9.17, 15) is 8.42 Å². The van der Waals surface area contributed by atoms with Crippen molar-refractivity contribution in [1.82, 2.24) is 0 Å². The average molecular weight is 261 g/mol. The van der Waals surface area contributed by atoms with Crippen molar-refractivity contribution in [2.24, 2.45) is 5.73 Å². The lowest BCUT2D eigenvalue weighted by atomic mass is 10.2. The molecule has 0 aromatic heterocycles. The van der Waals surface area contributed by atoms with Crippen molar-refractivity contribution in [3.63, 3.8) is 0 Å². The van der Waals surface area contributed by atoms with Crippen molar-refractivity contribution in [3.05, 3.63) is 29.8 Å². The van der Waals surface area contributed by atoms with Gasteiger partial charge in [0, 0.05) is 11.3 Å². The highest BCUT2D eigenvalue weighted by Gasteiger charge is 2.00. The molecule has 16 heavy (non-hydrogen) atoms. The molecule has 0 amide bonds. The highest BCUT2D eigenvalue weighted by molar-refractivity contribution is 7.92. The fraction of sp³-hybridized carbons (Fsp3) is 0.200. The van der Waals surface area contributed by atoms with Crippen LogP contribution in [-0.4, -0.2) is 21.2 Å². The largest absolute Gasteiger partial charge is 0.320 e. The molecule has 0 aliphatic carbocycles. The van der Waals surface area contributed by atoms with E-state index in [2.05, 4.69) is 16.6 Å². The summed E-state index contributed by atoms with van der Waals surface area (Å²) < 4.78 is 24.3. The van der Waals surface area contributed by atoms with Gasteiger partial charge in [-0.05, 0) is 18.2 Å². The molecule has 6 heteroatoms. The van der Waals surface area contributed by atoms with E-state index in [0.29, 0.717) is 5.69 Å². The Hall–Kier alpha value is -1.22. The maximum absolute atomic E-state index is 11.0. The van der Waals surface area contributed by atoms with Crippen LogP contribution in [-0.2, 0) is 10.0 Å². The highest BCUT2D eigenvalue weighted by Crippen LogP contribution is 2.10. The topological polar surface area (TPSA) is 72.2 Å². The van der Waals surface area contributed by atoms with Gasteiger partial charge in [0.1, 0.15) is 0 Å². The Morgan fingerprint density at radius 2 is 2.12 bits per heavy atom. The number of hydrogen-bond acceptors (Lipinski definition) is 3. The van der Waals surface area contributed by atoms with E-state index in [4.69, 9.17) is 5.73 Å². The average Bonchev–Trinajstić information content (AvgIpc) is 2.12. The van der Waals surface area contributed by atoms with Gasteiger partial charge in [0.05, 0.1) is 12.8 Å². The maximum atomic E-state index is 11.0. The van der Waals surface area contributed by atoms with Gasteiger partial charge in [0.2, 0.25) is 10.0 Å². The predicted molar refractivity (Wildman–Crippen MR) is 68.1 cm³/mol. The molecular weight excluding hydrogens is 248 g/mol. The molecule has 0 unspecified atom stereocenters. The zero-order valence-electron chi connectivity index (χ0n) is 8.73. The van der Waals surface area contributed by atoms with Crippen molar-refractivity contribution in [2.75, 3.05) is 17.5 Å². The standard InChI is InChI=1S/C10H12N2O2S.ClH/c1-15(13,14)12-10-6-2-4-9(8-10)5-3-7-11;/h2,4,6,8,12H,7,11H2,1H3;1H. The van der Waals surface area contributed by atoms with Gasteiger partial charge in [-0.2, -0.15) is 0 Å². The van der Waals surface area contributed by atoms with Gasteiger partial charge in [-0.25, -0.2) is 8.42 Å². The van der Waals surface area contributed by atoms with E-state index in [1.54, 1.807) is 24.3 Å². The predicted octanol–water partition coefficient (Wildman–Crippen LogP) is 0.790. The van der Waals surface area contributed by atoms with E-state index < -0.39 is 10.0 Å². The summed E-state index contributed by atoms with van der Waals surface area (Å²) in [6.07, 6.45) is 1.10. The molecule has 0 aliphatic rings. The second-order valence-corrected chi connectivity index (χ2v) is 4.71. The number of anilines is 1. The number of benzene rings is 1. The van der Waals surface area contributed by atoms with Gasteiger partial charge in [-0.1, -0.05) is 17.9 Å². The molecule has 3 N–H and O–H groups in total. The molecular formula is C10H13ClN2O2S. The van der Waals surface area contributed by atoms with Crippen LogP contribution in [0.15, 0.2) is 24.3 Å². The lowest BCUT2D eigenvalue weighted by Gasteiger charge is -2.03. The SMILES string of the molecule is CS(=O)(=O)Nc1cccc(C#CCN)c1.Cl. The van der Waals surface area contributed by atoms with Crippen molar-refractivity contribution < 1.29 is 8.42 Å². The zero-order chi connectivity index (χ0) is 11.3. The van der Waals surface area contributed by atoms with Crippen molar-refractivity contribution >= 4 is 28.1 Å². The number of sulfonamides is 1. The second kappa shape index (κ2) is 6.38. The van der Waals surface area contributed by atoms with Crippen LogP contribution < -0.4 is 10.5 Å². The summed E-state index contributed by atoms with van der Waals surface area (Å²) in [5.41, 5.74) is 6.46. The van der Waals surface area contributed by atoms with Gasteiger partial charge >= 0.3 is 0 Å². The molecule has 1 aromatic carbocycles. The monoisotopic (exact) mass is 260 g/mol. The van der Waals surface area contributed by atoms with Crippen LogP contribution in [0, 0.1) is 11.8 Å². The van der Waals surface area contributed by atoms with Gasteiger partial charge < -0.3 is 5.73 Å². The quantitative estimate of drug-likeness (QED) is 0.773. The van der Waals surface area contributed by atoms with Crippen LogP contribution in [0.25, 0.3) is 0 Å². The molecule has 0 spiro atoms. The Kier molecular flexibility index (Phi) is 5.89. The first-order valence-corrected chi connectivity index (χ1v) is 6.17. The summed E-state index contributed by atoms with van der Waals surface area (Å²) in [6, 6.07) is 6.84. The minimum atomic E-state index is -3.24. The van der Waals surface area contributed by atoms with Crippen LogP contribution in [0.3, 0.4) is 0 Å². The minimum Gasteiger partial charge on any atom is -0.320 e. The van der Waals surface area contributed by atoms with E-state index >= 15 is 0 Å². The number of rotatable bonds is 2. The maximum Gasteiger partial charge on any atom is 0.229 e. The lowest BCUT2D eigenvalue weighted by molar-refractivity contribution is 0.607. The third kappa shape index (κ3) is 5.61. The molecule has 1 aromatic rings. The first kappa shape index (κ1) is 14.8. The van der Waals surface area contributed by atoms with Crippen LogP contribution >= 0.6 is 12.4 Å². The summed E-state index contributed by atoms with van der Waals surface area (Å²) in [6.45, 7) is 0.281. The Morgan fingerprint density at radius 1 is 1.44 bits per heavy atom. The van der Waals surface area contributed by atoms with E-state index in [1.807, 2.05) is 0 Å². The van der Waals surface area contributed by atoms with Gasteiger partial charge in [-0.3, -0.25) is 4.72 Å². The summed E-state index contributed by atoms with van der Waals surface area (Å²) in [5, 5.41) is 0. The highest BCUT2D eigenvalue weighted by atomic mass is 35.5. The molecule has 0 atom stereocenters. The zero-order valence-corrected chi connectivity index (χ0v) is 10.4. The second-order valence-electron chi connectivity index (χ2n) is 2.96. The van der Waals surface area contributed by atoms with Crippen LogP contribution in [0.5, 0.6) is 0 Å². The van der Waals surface area contributed by atoms with Crippen molar-refractivity contribution in [3.8, 4) is 11.8 Å². The number of nitrogens with one attached hydrogen (secondary N) is 1. The number of halogens is 1. The van der Waals surface area contributed by atoms with Gasteiger partial charge in [0.15, 0.2) is 0 Å². The van der Waals surface area contributed by atoms with Crippen LogP contribution in [0.4, 0.5) is 5.69 Å². The molecule has 0 aliphatic heterocycles. The molecule has 88 valence electrons. The fourth-order valence-electron chi connectivity index (χ4n) is 1.03. The minimum absolute atomic E-state index is 0. The van der Waals surface area contributed by atoms with Crippen LogP contribution in [0.2, 0.25) is 0 Å². The molecule has 4 nitrogen and oxygen atoms in total. The molecule has 0 radical (unpaired) electrons. The number of nitrogens with two attached hydrogens (primary N) is 1. The first-order valence-electron chi connectivity index (χ1n) is 4.28. The van der Waals surface area contributed by atoms with Gasteiger partial charge in [0.25, 0.3) is 0 Å². The van der Waals surface area contributed by atoms with E-state index in [-0.39, 0.29) is 19.0 Å². The summed E-state index contributed by atoms with van der Waals surface area (Å²) in [4.78, 5) is 0. The third-order valence-corrected chi connectivity index (χ3v) is 2.11. The molecule has 0 fully saturated rings. The molecule has 1 rings (SSSR count). The lowest BCUT2D eigenvalue weighted by Crippen LogP contribution is -2.09. The molecule has 0 bridgehead atoms. The number of hydrogen-bond donors (Lipinski definition) is 2. The van der Waals surface area contributed by atoms with Crippen molar-refractivity contribution in [1.29, 1.82) is 0 Å². The third-order valence-electron chi connectivity index (χ3n) is 1.50. The summed E-state index contributed by atoms with van der Waals surface area (Å²) in [7, 11) is -3.24. The summed E-state index contributed by atoms with van der Waals surface area (Å²) in [5.74, 6) is 5.52. The molecule has 0 saturated heterocycles. The molecule has 0 saturated carbocycles.